The predicted octanol–water partition coefficient (Wildman–Crippen LogP) is 0.352. The maximum atomic E-state index is 13.2. The van der Waals surface area contributed by atoms with Gasteiger partial charge in [0.1, 0.15) is 16.7 Å². The van der Waals surface area contributed by atoms with E-state index >= 15 is 0 Å². The Kier molecular flexibility index (Phi) is 4.80. The fraction of sp³-hybridized carbons (Fsp3) is 0.444. The van der Waals surface area contributed by atoms with E-state index in [1.807, 2.05) is 0 Å². The molecule has 0 unspecified atom stereocenters. The normalized spacial score (nSPS) is 26.3. The second-order valence-electron chi connectivity index (χ2n) is 7.78. The monoisotopic (exact) mass is 449 g/mol. The van der Waals surface area contributed by atoms with Crippen LogP contribution in [0.15, 0.2) is 30.5 Å². The number of hydrogen-bond donors (Lipinski definition) is 0. The number of benzene rings is 1. The number of hydrogen-bond acceptors (Lipinski definition) is 9. The molecule has 2 saturated heterocycles. The Labute approximate surface area is 176 Å². The van der Waals surface area contributed by atoms with Gasteiger partial charge in [-0.2, -0.15) is 0 Å². The van der Waals surface area contributed by atoms with Gasteiger partial charge in [-0.15, -0.1) is 5.10 Å². The number of carbonyl (C=O) groups is 2. The highest BCUT2D eigenvalue weighted by Gasteiger charge is 2.70. The van der Waals surface area contributed by atoms with E-state index in [1.165, 1.54) is 42.1 Å². The highest BCUT2D eigenvalue weighted by molar-refractivity contribution is 7.93. The number of β-lactam (4-membered cyclic amide) rings is 1. The van der Waals surface area contributed by atoms with Gasteiger partial charge >= 0.3 is 5.97 Å². The van der Waals surface area contributed by atoms with Gasteiger partial charge in [0.15, 0.2) is 15.9 Å². The van der Waals surface area contributed by atoms with Crippen LogP contribution in [-0.4, -0.2) is 61.3 Å². The molecular formula is C18H19N5O7S. The first kappa shape index (κ1) is 20.9. The smallest absolute Gasteiger partial charge is 0.330 e. The van der Waals surface area contributed by atoms with E-state index in [2.05, 4.69) is 10.3 Å². The third-order valence-corrected chi connectivity index (χ3v) is 8.60. The van der Waals surface area contributed by atoms with E-state index < -0.39 is 42.8 Å². The third-order valence-electron chi connectivity index (χ3n) is 5.84. The average Bonchev–Trinajstić information content (AvgIpc) is 3.17. The summed E-state index contributed by atoms with van der Waals surface area (Å²) >= 11 is 0. The van der Waals surface area contributed by atoms with Crippen LogP contribution in [0.25, 0.3) is 0 Å². The molecule has 2 aliphatic heterocycles. The number of carbonyl (C=O) groups excluding carboxylic acids is 2. The van der Waals surface area contributed by atoms with Gasteiger partial charge in [-0.3, -0.25) is 14.9 Å². The number of nitrogens with zero attached hydrogens (tertiary/aromatic N) is 5. The molecular weight excluding hydrogens is 430 g/mol. The van der Waals surface area contributed by atoms with Gasteiger partial charge in [0.2, 0.25) is 5.91 Å². The average molecular weight is 449 g/mol. The first-order chi connectivity index (χ1) is 14.6. The maximum Gasteiger partial charge on any atom is 0.330 e. The van der Waals surface area contributed by atoms with Crippen LogP contribution in [0.3, 0.4) is 0 Å². The third kappa shape index (κ3) is 3.15. The van der Waals surface area contributed by atoms with E-state index in [0.717, 1.165) is 4.90 Å². The number of ether oxygens (including phenoxy) is 1. The Morgan fingerprint density at radius 3 is 2.58 bits per heavy atom. The van der Waals surface area contributed by atoms with E-state index in [0.29, 0.717) is 11.3 Å². The minimum absolute atomic E-state index is 0.109. The molecule has 3 atom stereocenters. The molecule has 1 amide bonds. The lowest BCUT2D eigenvalue weighted by Gasteiger charge is -2.36. The van der Waals surface area contributed by atoms with Crippen molar-refractivity contribution in [2.45, 2.75) is 49.6 Å². The summed E-state index contributed by atoms with van der Waals surface area (Å²) in [5.74, 6) is -1.30. The van der Waals surface area contributed by atoms with E-state index in [1.54, 1.807) is 6.92 Å². The standard InChI is InChI=1S/C18H19N5O7S/c1-11-8-19-20-21(11)10-18(2)16(22-14(24)7-15(22)31(18,28)29)17(25)30-9-12-3-5-13(6-4-12)23(26)27/h3-6,8,15-16H,7,9-10H2,1-2H3/t15-,16+,18+/m1/s1. The zero-order valence-electron chi connectivity index (χ0n) is 16.7. The molecule has 12 nitrogen and oxygen atoms in total. The second-order valence-corrected chi connectivity index (χ2v) is 10.4. The van der Waals surface area contributed by atoms with Gasteiger partial charge < -0.3 is 9.64 Å². The van der Waals surface area contributed by atoms with Gasteiger partial charge in [0.05, 0.1) is 29.8 Å². The zero-order chi connectivity index (χ0) is 22.6. The van der Waals surface area contributed by atoms with E-state index in [-0.39, 0.29) is 25.3 Å². The molecule has 3 heterocycles. The lowest BCUT2D eigenvalue weighted by Crippen LogP contribution is -2.58. The van der Waals surface area contributed by atoms with E-state index in [4.69, 9.17) is 4.74 Å². The molecule has 164 valence electrons. The molecule has 13 heteroatoms. The highest BCUT2D eigenvalue weighted by atomic mass is 32.2. The fourth-order valence-corrected chi connectivity index (χ4v) is 6.33. The number of nitro benzene ring substituents is 1. The lowest BCUT2D eigenvalue weighted by atomic mass is 9.96. The van der Waals surface area contributed by atoms with Crippen LogP contribution in [-0.2, 0) is 37.3 Å². The minimum Gasteiger partial charge on any atom is -0.459 e. The van der Waals surface area contributed by atoms with Crippen molar-refractivity contribution >= 4 is 27.4 Å². The van der Waals surface area contributed by atoms with Crippen LogP contribution >= 0.6 is 0 Å². The summed E-state index contributed by atoms with van der Waals surface area (Å²) in [6.45, 7) is 2.72. The number of sulfone groups is 1. The van der Waals surface area contributed by atoms with Gasteiger partial charge in [-0.1, -0.05) is 5.21 Å². The Bertz CT molecular complexity index is 1180. The summed E-state index contributed by atoms with van der Waals surface area (Å²) < 4.78 is 31.5. The van der Waals surface area contributed by atoms with Crippen LogP contribution in [0.4, 0.5) is 5.69 Å². The summed E-state index contributed by atoms with van der Waals surface area (Å²) in [4.78, 5) is 36.5. The summed E-state index contributed by atoms with van der Waals surface area (Å²) in [5.41, 5.74) is 0.983. The minimum atomic E-state index is -3.91. The molecule has 0 saturated carbocycles. The molecule has 2 aliphatic rings. The van der Waals surface area contributed by atoms with Crippen molar-refractivity contribution in [3.63, 3.8) is 0 Å². The Morgan fingerprint density at radius 1 is 1.35 bits per heavy atom. The van der Waals surface area contributed by atoms with Crippen molar-refractivity contribution in [1.82, 2.24) is 19.9 Å². The molecule has 0 spiro atoms. The Balaban J connectivity index is 1.60. The molecule has 31 heavy (non-hydrogen) atoms. The second kappa shape index (κ2) is 7.11. The van der Waals surface area contributed by atoms with Crippen LogP contribution < -0.4 is 0 Å². The molecule has 4 rings (SSSR count). The van der Waals surface area contributed by atoms with E-state index in [9.17, 15) is 28.1 Å². The molecule has 2 fully saturated rings. The number of non-ortho nitro benzene ring substituents is 1. The van der Waals surface area contributed by atoms with Crippen LogP contribution in [0, 0.1) is 17.0 Å². The predicted molar refractivity (Wildman–Crippen MR) is 104 cm³/mol. The van der Waals surface area contributed by atoms with Crippen molar-refractivity contribution in [2.24, 2.45) is 0 Å². The number of amides is 1. The molecule has 1 aromatic heterocycles. The molecule has 0 bridgehead atoms. The van der Waals surface area contributed by atoms with Gasteiger partial charge in [-0.25, -0.2) is 17.9 Å². The molecule has 1 aromatic carbocycles. The van der Waals surface area contributed by atoms with Crippen LogP contribution in [0.5, 0.6) is 0 Å². The molecule has 0 N–H and O–H groups in total. The van der Waals surface area contributed by atoms with Crippen LogP contribution in [0.2, 0.25) is 0 Å². The fourth-order valence-electron chi connectivity index (χ4n) is 3.98. The first-order valence-corrected chi connectivity index (χ1v) is 10.9. The summed E-state index contributed by atoms with van der Waals surface area (Å²) in [7, 11) is -3.91. The topological polar surface area (TPSA) is 155 Å². The first-order valence-electron chi connectivity index (χ1n) is 9.36. The van der Waals surface area contributed by atoms with Crippen LogP contribution in [0.1, 0.15) is 24.6 Å². The SMILES string of the molecule is Cc1cnnn1C[C@@]1(C)[C@H](C(=O)OCc2ccc([N+](=O)[O-])cc2)N2C(=O)C[C@H]2S1(=O)=O. The number of esters is 1. The van der Waals surface area contributed by atoms with Gasteiger partial charge in [-0.05, 0) is 31.5 Å². The highest BCUT2D eigenvalue weighted by Crippen LogP contribution is 2.47. The number of aryl methyl sites for hydroxylation is 1. The Hall–Kier alpha value is -3.35. The molecule has 2 aromatic rings. The quantitative estimate of drug-likeness (QED) is 0.263. The van der Waals surface area contributed by atoms with Crippen molar-refractivity contribution in [3.05, 3.63) is 51.8 Å². The summed E-state index contributed by atoms with van der Waals surface area (Å²) in [5, 5.41) is 17.3. The molecule has 0 aliphatic carbocycles. The largest absolute Gasteiger partial charge is 0.459 e. The number of rotatable bonds is 6. The van der Waals surface area contributed by atoms with Crippen molar-refractivity contribution in [1.29, 1.82) is 0 Å². The van der Waals surface area contributed by atoms with Crippen molar-refractivity contribution < 1.29 is 27.7 Å². The van der Waals surface area contributed by atoms with Gasteiger partial charge in [0.25, 0.3) is 5.69 Å². The van der Waals surface area contributed by atoms with Crippen molar-refractivity contribution in [3.8, 4) is 0 Å². The number of aromatic nitrogens is 3. The van der Waals surface area contributed by atoms with Gasteiger partial charge in [0, 0.05) is 12.1 Å². The molecule has 0 radical (unpaired) electrons. The lowest BCUT2D eigenvalue weighted by molar-refractivity contribution is -0.384. The summed E-state index contributed by atoms with van der Waals surface area (Å²) in [6.07, 6.45) is 1.29. The number of nitro groups is 1. The maximum absolute atomic E-state index is 13.2. The number of fused-ring (bicyclic) bond motifs is 1. The zero-order valence-corrected chi connectivity index (χ0v) is 17.5. The van der Waals surface area contributed by atoms with Crippen molar-refractivity contribution in [2.75, 3.05) is 0 Å². The Morgan fingerprint density at radius 2 is 2.03 bits per heavy atom. The summed E-state index contributed by atoms with van der Waals surface area (Å²) in [6, 6.07) is 4.08.